The average Bonchev–Trinajstić information content (AvgIpc) is 2.15. The van der Waals surface area contributed by atoms with Crippen LogP contribution in [0.3, 0.4) is 0 Å². The number of H-pyrrole nitrogens is 1. The van der Waals surface area contributed by atoms with Crippen molar-refractivity contribution >= 4 is 5.82 Å². The number of hydrogen-bond donors (Lipinski definition) is 2. The number of hydrogen-bond acceptors (Lipinski definition) is 4. The van der Waals surface area contributed by atoms with Crippen molar-refractivity contribution in [2.75, 3.05) is 0 Å². The maximum atomic E-state index is 12.3. The van der Waals surface area contributed by atoms with Gasteiger partial charge in [-0.1, -0.05) is 0 Å². The fourth-order valence-electron chi connectivity index (χ4n) is 1.07. The number of pyridine rings is 1. The van der Waals surface area contributed by atoms with E-state index >= 15 is 0 Å². The lowest BCUT2D eigenvalue weighted by Gasteiger charge is -2.03. The van der Waals surface area contributed by atoms with E-state index in [1.165, 1.54) is 0 Å². The zero-order valence-corrected chi connectivity index (χ0v) is 7.37. The second kappa shape index (κ2) is 4.13. The highest BCUT2D eigenvalue weighted by Gasteiger charge is 2.25. The fourth-order valence-corrected chi connectivity index (χ4v) is 1.07. The molecule has 0 saturated carbocycles. The molecule has 0 radical (unpaired) electrons. The summed E-state index contributed by atoms with van der Waals surface area (Å²) in [6.45, 7) is -0.167. The average molecular weight is 219 g/mol. The minimum Gasteiger partial charge on any atom is -0.358 e. The summed E-state index contributed by atoms with van der Waals surface area (Å²) < 4.78 is 24.7. The van der Waals surface area contributed by atoms with Crippen LogP contribution in [-0.2, 0) is 6.54 Å². The Kier molecular flexibility index (Phi) is 3.10. The lowest BCUT2D eigenvalue weighted by Crippen LogP contribution is -2.16. The second-order valence-corrected chi connectivity index (χ2v) is 2.68. The number of nitrogens with two attached hydrogens (primary N) is 1. The maximum Gasteiger partial charge on any atom is 0.333 e. The smallest absolute Gasteiger partial charge is 0.333 e. The van der Waals surface area contributed by atoms with Gasteiger partial charge in [0.05, 0.1) is 6.54 Å². The third-order valence-corrected chi connectivity index (χ3v) is 1.73. The molecule has 0 unspecified atom stereocenters. The van der Waals surface area contributed by atoms with Crippen LogP contribution in [0.1, 0.15) is 17.7 Å². The Morgan fingerprint density at radius 3 is 2.60 bits per heavy atom. The predicted octanol–water partition coefficient (Wildman–Crippen LogP) is 0.679. The maximum absolute atomic E-state index is 12.3. The number of halogens is 2. The summed E-state index contributed by atoms with van der Waals surface area (Å²) in [6, 6.07) is 0.828. The van der Waals surface area contributed by atoms with E-state index in [2.05, 4.69) is 4.98 Å². The van der Waals surface area contributed by atoms with Crippen LogP contribution in [0.2, 0.25) is 0 Å². The summed E-state index contributed by atoms with van der Waals surface area (Å²) in [5, 5.41) is 10.4. The summed E-state index contributed by atoms with van der Waals surface area (Å²) in [6.07, 6.45) is -3.19. The van der Waals surface area contributed by atoms with Gasteiger partial charge in [0, 0.05) is 6.07 Å². The largest absolute Gasteiger partial charge is 0.358 e. The van der Waals surface area contributed by atoms with Gasteiger partial charge in [-0.05, 0) is 4.92 Å². The normalized spacial score (nSPS) is 10.7. The van der Waals surface area contributed by atoms with Crippen molar-refractivity contribution in [2.24, 2.45) is 5.73 Å². The van der Waals surface area contributed by atoms with Crippen LogP contribution in [0, 0.1) is 10.1 Å². The third-order valence-electron chi connectivity index (χ3n) is 1.73. The Labute approximate surface area is 81.9 Å². The molecule has 82 valence electrons. The molecule has 1 aromatic heterocycles. The summed E-state index contributed by atoms with van der Waals surface area (Å²) in [5.74, 6) is -1.00. The first-order valence-corrected chi connectivity index (χ1v) is 3.86. The lowest BCUT2D eigenvalue weighted by atomic mass is 10.2. The molecule has 1 aromatic rings. The van der Waals surface area contributed by atoms with E-state index in [1.807, 2.05) is 0 Å². The number of nitrogens with one attached hydrogen (secondary N) is 1. The van der Waals surface area contributed by atoms with Gasteiger partial charge in [-0.15, -0.1) is 0 Å². The van der Waals surface area contributed by atoms with E-state index in [0.29, 0.717) is 0 Å². The van der Waals surface area contributed by atoms with Crippen molar-refractivity contribution in [1.82, 2.24) is 4.98 Å². The van der Waals surface area contributed by atoms with E-state index in [4.69, 9.17) is 5.73 Å². The van der Waals surface area contributed by atoms with Gasteiger partial charge in [0.2, 0.25) is 0 Å². The highest BCUT2D eigenvalue weighted by molar-refractivity contribution is 5.35. The van der Waals surface area contributed by atoms with E-state index in [-0.39, 0.29) is 12.2 Å². The molecule has 3 N–H and O–H groups in total. The van der Waals surface area contributed by atoms with E-state index in [1.54, 1.807) is 0 Å². The van der Waals surface area contributed by atoms with Gasteiger partial charge >= 0.3 is 5.82 Å². The van der Waals surface area contributed by atoms with Gasteiger partial charge in [0.1, 0.15) is 5.69 Å². The predicted molar refractivity (Wildman–Crippen MR) is 46.6 cm³/mol. The minimum atomic E-state index is -3.19. The van der Waals surface area contributed by atoms with Crippen molar-refractivity contribution in [1.29, 1.82) is 0 Å². The van der Waals surface area contributed by atoms with Crippen molar-refractivity contribution in [3.05, 3.63) is 37.7 Å². The molecule has 8 heteroatoms. The summed E-state index contributed by atoms with van der Waals surface area (Å²) in [5.41, 5.74) is 2.94. The summed E-state index contributed by atoms with van der Waals surface area (Å²) in [4.78, 5) is 22.5. The number of aromatic amines is 1. The van der Waals surface area contributed by atoms with Crippen LogP contribution in [0.5, 0.6) is 0 Å². The van der Waals surface area contributed by atoms with Crippen LogP contribution in [0.4, 0.5) is 14.6 Å². The molecule has 0 aliphatic carbocycles. The van der Waals surface area contributed by atoms with Crippen molar-refractivity contribution in [3.8, 4) is 0 Å². The van der Waals surface area contributed by atoms with E-state index in [0.717, 1.165) is 6.07 Å². The molecule has 0 spiro atoms. The lowest BCUT2D eigenvalue weighted by molar-refractivity contribution is -0.391. The highest BCUT2D eigenvalue weighted by Crippen LogP contribution is 2.23. The zero-order chi connectivity index (χ0) is 11.6. The molecule has 1 heterocycles. The summed E-state index contributed by atoms with van der Waals surface area (Å²) in [7, 11) is 0. The topological polar surface area (TPSA) is 102 Å². The first-order chi connectivity index (χ1) is 6.97. The Bertz CT molecular complexity index is 444. The SMILES string of the molecule is NCc1cc(=O)c(C(F)F)c([N+](=O)[O-])[nH]1. The first kappa shape index (κ1) is 11.2. The molecular weight excluding hydrogens is 212 g/mol. The van der Waals surface area contributed by atoms with E-state index < -0.39 is 28.2 Å². The molecule has 0 fully saturated rings. The molecule has 0 aromatic carbocycles. The van der Waals surface area contributed by atoms with Crippen molar-refractivity contribution in [2.45, 2.75) is 13.0 Å². The quantitative estimate of drug-likeness (QED) is 0.576. The van der Waals surface area contributed by atoms with Crippen LogP contribution in [-0.4, -0.2) is 9.91 Å². The second-order valence-electron chi connectivity index (χ2n) is 2.68. The van der Waals surface area contributed by atoms with Gasteiger partial charge < -0.3 is 15.8 Å². The Hall–Kier alpha value is -1.83. The number of nitrogens with zero attached hydrogens (tertiary/aromatic N) is 1. The van der Waals surface area contributed by atoms with Crippen molar-refractivity contribution < 1.29 is 13.7 Å². The van der Waals surface area contributed by atoms with Gasteiger partial charge in [-0.2, -0.15) is 0 Å². The van der Waals surface area contributed by atoms with Crippen LogP contribution in [0.25, 0.3) is 0 Å². The van der Waals surface area contributed by atoms with E-state index in [9.17, 15) is 23.7 Å². The molecule has 0 atom stereocenters. The molecule has 0 amide bonds. The number of aromatic nitrogens is 1. The van der Waals surface area contributed by atoms with Crippen LogP contribution < -0.4 is 11.2 Å². The summed E-state index contributed by atoms with van der Waals surface area (Å²) >= 11 is 0. The fraction of sp³-hybridized carbons (Fsp3) is 0.286. The highest BCUT2D eigenvalue weighted by atomic mass is 19.3. The Morgan fingerprint density at radius 2 is 2.20 bits per heavy atom. The molecule has 0 aliphatic heterocycles. The molecule has 0 saturated heterocycles. The van der Waals surface area contributed by atoms with Crippen molar-refractivity contribution in [3.63, 3.8) is 0 Å². The van der Waals surface area contributed by atoms with Crippen LogP contribution in [0.15, 0.2) is 10.9 Å². The van der Waals surface area contributed by atoms with Gasteiger partial charge in [-0.3, -0.25) is 4.79 Å². The number of rotatable bonds is 3. The molecule has 6 nitrogen and oxygen atoms in total. The van der Waals surface area contributed by atoms with Gasteiger partial charge in [0.15, 0.2) is 11.0 Å². The standard InChI is InChI=1S/C7H7F2N3O3/c8-6(9)5-4(13)1-3(2-10)11-7(5)12(14)15/h1,6H,2,10H2,(H,11,13). The monoisotopic (exact) mass is 219 g/mol. The van der Waals surface area contributed by atoms with Gasteiger partial charge in [0.25, 0.3) is 6.43 Å². The van der Waals surface area contributed by atoms with Gasteiger partial charge in [-0.25, -0.2) is 13.8 Å². The molecule has 0 bridgehead atoms. The Balaban J connectivity index is 3.50. The van der Waals surface area contributed by atoms with Crippen LogP contribution >= 0.6 is 0 Å². The number of alkyl halides is 2. The third kappa shape index (κ3) is 2.15. The molecular formula is C7H7F2N3O3. The first-order valence-electron chi connectivity index (χ1n) is 3.86. The Morgan fingerprint density at radius 1 is 1.60 bits per heavy atom. The minimum absolute atomic E-state index is 0.0381. The number of nitro groups is 1. The zero-order valence-electron chi connectivity index (χ0n) is 7.37. The molecule has 0 aliphatic rings. The molecule has 1 rings (SSSR count). The molecule has 15 heavy (non-hydrogen) atoms.